The van der Waals surface area contributed by atoms with Gasteiger partial charge in [-0.25, -0.2) is 4.98 Å². The zero-order chi connectivity index (χ0) is 13.8. The summed E-state index contributed by atoms with van der Waals surface area (Å²) in [6.07, 6.45) is 1.75. The van der Waals surface area contributed by atoms with Gasteiger partial charge in [0.05, 0.1) is 16.9 Å². The van der Waals surface area contributed by atoms with Gasteiger partial charge in [0.15, 0.2) is 0 Å². The van der Waals surface area contributed by atoms with Crippen LogP contribution < -0.4 is 5.43 Å². The van der Waals surface area contributed by atoms with E-state index >= 15 is 0 Å². The molecule has 0 fully saturated rings. The molecule has 0 amide bonds. The summed E-state index contributed by atoms with van der Waals surface area (Å²) in [5.74, 6) is 0.721. The second-order valence-corrected chi connectivity index (χ2v) is 4.41. The van der Waals surface area contributed by atoms with Gasteiger partial charge in [-0.3, -0.25) is 10.4 Å². The third-order valence-electron chi connectivity index (χ3n) is 2.97. The number of hydrogen-bond donors (Lipinski definition) is 1. The molecule has 0 aliphatic rings. The van der Waals surface area contributed by atoms with Crippen LogP contribution in [-0.2, 0) is 0 Å². The predicted molar refractivity (Wildman–Crippen MR) is 81.8 cm³/mol. The molecule has 0 radical (unpaired) electrons. The number of nitrogens with one attached hydrogen (secondary N) is 1. The lowest BCUT2D eigenvalue weighted by molar-refractivity contribution is 1.22. The van der Waals surface area contributed by atoms with Crippen molar-refractivity contribution in [3.05, 3.63) is 66.5 Å². The van der Waals surface area contributed by atoms with Crippen molar-refractivity contribution in [2.75, 3.05) is 5.43 Å². The molecule has 4 heteroatoms. The molecule has 0 spiro atoms. The topological polar surface area (TPSA) is 50.2 Å². The summed E-state index contributed by atoms with van der Waals surface area (Å²) in [6.45, 7) is 1.91. The Balaban J connectivity index is 1.83. The van der Waals surface area contributed by atoms with Gasteiger partial charge >= 0.3 is 0 Å². The van der Waals surface area contributed by atoms with Gasteiger partial charge < -0.3 is 0 Å². The fourth-order valence-electron chi connectivity index (χ4n) is 1.90. The Bertz CT molecular complexity index is 751. The minimum atomic E-state index is 0.721. The molecule has 0 aliphatic carbocycles. The fraction of sp³-hybridized carbons (Fsp3) is 0.0625. The highest BCUT2D eigenvalue weighted by atomic mass is 15.3. The summed E-state index contributed by atoms with van der Waals surface area (Å²) in [6, 6.07) is 17.7. The third kappa shape index (κ3) is 2.64. The van der Waals surface area contributed by atoms with Crippen molar-refractivity contribution in [2.45, 2.75) is 6.92 Å². The van der Waals surface area contributed by atoms with Gasteiger partial charge in [-0.1, -0.05) is 24.3 Å². The van der Waals surface area contributed by atoms with Gasteiger partial charge in [-0.05, 0) is 37.3 Å². The maximum Gasteiger partial charge on any atom is 0.146 e. The summed E-state index contributed by atoms with van der Waals surface area (Å²) in [5.41, 5.74) is 5.59. The van der Waals surface area contributed by atoms with Crippen LogP contribution in [0.3, 0.4) is 0 Å². The van der Waals surface area contributed by atoms with Crippen LogP contribution in [0.15, 0.2) is 65.9 Å². The molecule has 0 atom stereocenters. The number of nitrogens with zero attached hydrogens (tertiary/aromatic N) is 3. The van der Waals surface area contributed by atoms with Gasteiger partial charge in [0, 0.05) is 11.6 Å². The second-order valence-electron chi connectivity index (χ2n) is 4.41. The normalized spacial score (nSPS) is 11.6. The van der Waals surface area contributed by atoms with Crippen molar-refractivity contribution < 1.29 is 0 Å². The lowest BCUT2D eigenvalue weighted by atomic mass is 10.2. The fourth-order valence-corrected chi connectivity index (χ4v) is 1.90. The number of aromatic nitrogens is 2. The van der Waals surface area contributed by atoms with Crippen LogP contribution >= 0.6 is 0 Å². The number of hydrazone groups is 1. The third-order valence-corrected chi connectivity index (χ3v) is 2.97. The number of para-hydroxylation sites is 1. The molecule has 3 aromatic rings. The molecule has 2 heterocycles. The maximum absolute atomic E-state index is 4.50. The average molecular weight is 262 g/mol. The number of benzene rings is 1. The zero-order valence-corrected chi connectivity index (χ0v) is 11.1. The average Bonchev–Trinajstić information content (AvgIpc) is 2.53. The van der Waals surface area contributed by atoms with Crippen molar-refractivity contribution in [3.8, 4) is 0 Å². The van der Waals surface area contributed by atoms with Crippen LogP contribution in [-0.4, -0.2) is 15.7 Å². The summed E-state index contributed by atoms with van der Waals surface area (Å²) < 4.78 is 0. The first-order valence-electron chi connectivity index (χ1n) is 6.40. The van der Waals surface area contributed by atoms with E-state index in [1.807, 2.05) is 61.5 Å². The summed E-state index contributed by atoms with van der Waals surface area (Å²) in [4.78, 5) is 8.75. The van der Waals surface area contributed by atoms with Crippen molar-refractivity contribution in [3.63, 3.8) is 0 Å². The van der Waals surface area contributed by atoms with E-state index in [1.54, 1.807) is 6.20 Å². The molecular weight excluding hydrogens is 248 g/mol. The van der Waals surface area contributed by atoms with Crippen molar-refractivity contribution >= 4 is 22.4 Å². The molecule has 0 unspecified atom stereocenters. The second kappa shape index (κ2) is 5.48. The minimum Gasteiger partial charge on any atom is -0.261 e. The molecule has 3 rings (SSSR count). The number of fused-ring (bicyclic) bond motifs is 1. The minimum absolute atomic E-state index is 0.721. The summed E-state index contributed by atoms with van der Waals surface area (Å²) in [5, 5.41) is 5.43. The van der Waals surface area contributed by atoms with Crippen LogP contribution in [0.4, 0.5) is 5.82 Å². The molecular formula is C16H14N4. The highest BCUT2D eigenvalue weighted by molar-refractivity contribution is 5.97. The molecule has 4 nitrogen and oxygen atoms in total. The first-order valence-corrected chi connectivity index (χ1v) is 6.40. The van der Waals surface area contributed by atoms with Crippen LogP contribution in [0, 0.1) is 0 Å². The molecule has 1 aromatic carbocycles. The first kappa shape index (κ1) is 12.3. The van der Waals surface area contributed by atoms with Gasteiger partial charge in [-0.2, -0.15) is 5.10 Å². The van der Waals surface area contributed by atoms with E-state index < -0.39 is 0 Å². The molecule has 1 N–H and O–H groups in total. The number of pyridine rings is 2. The van der Waals surface area contributed by atoms with Crippen molar-refractivity contribution in [2.24, 2.45) is 5.10 Å². The van der Waals surface area contributed by atoms with Crippen molar-refractivity contribution in [1.29, 1.82) is 0 Å². The van der Waals surface area contributed by atoms with E-state index in [1.165, 1.54) is 0 Å². The quantitative estimate of drug-likeness (QED) is 0.581. The summed E-state index contributed by atoms with van der Waals surface area (Å²) >= 11 is 0. The molecule has 0 saturated heterocycles. The molecule has 2 aromatic heterocycles. The Morgan fingerprint density at radius 1 is 1.00 bits per heavy atom. The number of rotatable bonds is 3. The Kier molecular flexibility index (Phi) is 3.37. The van der Waals surface area contributed by atoms with E-state index in [9.17, 15) is 0 Å². The van der Waals surface area contributed by atoms with E-state index in [4.69, 9.17) is 0 Å². The SMILES string of the molecule is C/C(=N/Nc1ccc2ccccc2n1)c1ccccn1. The van der Waals surface area contributed by atoms with Crippen LogP contribution in [0.5, 0.6) is 0 Å². The van der Waals surface area contributed by atoms with Gasteiger partial charge in [0.2, 0.25) is 0 Å². The highest BCUT2D eigenvalue weighted by Crippen LogP contribution is 2.14. The van der Waals surface area contributed by atoms with E-state index in [0.29, 0.717) is 0 Å². The molecule has 0 saturated carbocycles. The molecule has 98 valence electrons. The van der Waals surface area contributed by atoms with E-state index in [0.717, 1.165) is 28.1 Å². The smallest absolute Gasteiger partial charge is 0.146 e. The lowest BCUT2D eigenvalue weighted by Crippen LogP contribution is -2.02. The van der Waals surface area contributed by atoms with E-state index in [2.05, 4.69) is 20.5 Å². The highest BCUT2D eigenvalue weighted by Gasteiger charge is 1.99. The van der Waals surface area contributed by atoms with Crippen LogP contribution in [0.2, 0.25) is 0 Å². The molecule has 0 aliphatic heterocycles. The predicted octanol–water partition coefficient (Wildman–Crippen LogP) is 3.47. The van der Waals surface area contributed by atoms with Crippen LogP contribution in [0.1, 0.15) is 12.6 Å². The standard InChI is InChI=1S/C16H14N4/c1-12(14-7-4-5-11-17-14)19-20-16-10-9-13-6-2-3-8-15(13)18-16/h2-11H,1H3,(H,18,20)/b19-12-. The zero-order valence-electron chi connectivity index (χ0n) is 11.1. The molecule has 0 bridgehead atoms. The van der Waals surface area contributed by atoms with E-state index in [-0.39, 0.29) is 0 Å². The Labute approximate surface area is 117 Å². The maximum atomic E-state index is 4.50. The van der Waals surface area contributed by atoms with Gasteiger partial charge in [0.25, 0.3) is 0 Å². The first-order chi connectivity index (χ1) is 9.83. The monoisotopic (exact) mass is 262 g/mol. The lowest BCUT2D eigenvalue weighted by Gasteiger charge is -2.03. The Morgan fingerprint density at radius 2 is 1.85 bits per heavy atom. The van der Waals surface area contributed by atoms with Crippen LogP contribution in [0.25, 0.3) is 10.9 Å². The summed E-state index contributed by atoms with van der Waals surface area (Å²) in [7, 11) is 0. The van der Waals surface area contributed by atoms with Gasteiger partial charge in [0.1, 0.15) is 5.82 Å². The van der Waals surface area contributed by atoms with Gasteiger partial charge in [-0.15, -0.1) is 0 Å². The number of anilines is 1. The van der Waals surface area contributed by atoms with Crippen molar-refractivity contribution in [1.82, 2.24) is 9.97 Å². The Hall–Kier alpha value is -2.75. The largest absolute Gasteiger partial charge is 0.261 e. The number of hydrogen-bond acceptors (Lipinski definition) is 4. The Morgan fingerprint density at radius 3 is 2.70 bits per heavy atom. The molecule has 20 heavy (non-hydrogen) atoms.